The third-order valence-electron chi connectivity index (χ3n) is 3.63. The van der Waals surface area contributed by atoms with E-state index >= 15 is 0 Å². The zero-order valence-corrected chi connectivity index (χ0v) is 13.0. The van der Waals surface area contributed by atoms with Gasteiger partial charge in [0, 0.05) is 31.2 Å². The number of rotatable bonds is 5. The third kappa shape index (κ3) is 5.21. The summed E-state index contributed by atoms with van der Waals surface area (Å²) in [5.41, 5.74) is 0.946. The minimum Gasteiger partial charge on any atom is -0.445 e. The second kappa shape index (κ2) is 8.25. The van der Waals surface area contributed by atoms with Crippen molar-refractivity contribution in [3.05, 3.63) is 41.8 Å². The van der Waals surface area contributed by atoms with Crippen molar-refractivity contribution < 1.29 is 9.53 Å². The van der Waals surface area contributed by atoms with E-state index in [0.717, 1.165) is 51.1 Å². The molecule has 0 aromatic heterocycles. The molecule has 1 aromatic rings. The second-order valence-electron chi connectivity index (χ2n) is 5.22. The molecule has 1 fully saturated rings. The van der Waals surface area contributed by atoms with Gasteiger partial charge in [-0.15, -0.1) is 0 Å². The first kappa shape index (κ1) is 16.1. The summed E-state index contributed by atoms with van der Waals surface area (Å²) in [6.45, 7) is 8.50. The predicted octanol–water partition coefficient (Wildman–Crippen LogP) is 3.21. The number of halogens is 1. The van der Waals surface area contributed by atoms with Gasteiger partial charge in [-0.1, -0.05) is 37.1 Å². The monoisotopic (exact) mass is 309 g/mol. The molecule has 5 heteroatoms. The molecule has 0 unspecified atom stereocenters. The standard InChI is InChI=1S/C16H22ClN2O2/c1-2-3-8-18-9-11-19(12-10-18)16(20)21-13-14-4-6-15(17)7-5-14/h4-7H,1-3,8-13H2. The van der Waals surface area contributed by atoms with Crippen LogP contribution in [0.15, 0.2) is 24.3 Å². The van der Waals surface area contributed by atoms with Gasteiger partial charge in [0.2, 0.25) is 0 Å². The van der Waals surface area contributed by atoms with Crippen LogP contribution in [0.25, 0.3) is 0 Å². The smallest absolute Gasteiger partial charge is 0.410 e. The maximum atomic E-state index is 12.0. The summed E-state index contributed by atoms with van der Waals surface area (Å²) in [5.74, 6) is 0. The van der Waals surface area contributed by atoms with Crippen LogP contribution in [0.5, 0.6) is 0 Å². The van der Waals surface area contributed by atoms with Crippen molar-refractivity contribution >= 4 is 17.7 Å². The molecule has 115 valence electrons. The maximum absolute atomic E-state index is 12.0. The van der Waals surface area contributed by atoms with Crippen molar-refractivity contribution in [3.63, 3.8) is 0 Å². The summed E-state index contributed by atoms with van der Waals surface area (Å²) in [4.78, 5) is 16.2. The Hall–Kier alpha value is -1.26. The zero-order valence-electron chi connectivity index (χ0n) is 12.3. The molecule has 0 atom stereocenters. The summed E-state index contributed by atoms with van der Waals surface area (Å²) >= 11 is 5.82. The topological polar surface area (TPSA) is 32.8 Å². The minimum absolute atomic E-state index is 0.234. The van der Waals surface area contributed by atoms with Crippen LogP contribution in [0, 0.1) is 6.92 Å². The molecule has 1 radical (unpaired) electrons. The van der Waals surface area contributed by atoms with Crippen molar-refractivity contribution in [1.82, 2.24) is 9.80 Å². The molecule has 0 aliphatic carbocycles. The lowest BCUT2D eigenvalue weighted by Crippen LogP contribution is -2.48. The lowest BCUT2D eigenvalue weighted by atomic mass is 10.2. The van der Waals surface area contributed by atoms with Gasteiger partial charge in [-0.3, -0.25) is 4.90 Å². The predicted molar refractivity (Wildman–Crippen MR) is 84.2 cm³/mol. The molecule has 0 N–H and O–H groups in total. The van der Waals surface area contributed by atoms with Crippen LogP contribution in [0.1, 0.15) is 18.4 Å². The molecular weight excluding hydrogens is 288 g/mol. The number of amides is 1. The molecule has 1 amide bonds. The average molecular weight is 310 g/mol. The van der Waals surface area contributed by atoms with Gasteiger partial charge in [-0.05, 0) is 30.7 Å². The molecule has 1 aromatic carbocycles. The number of piperazine rings is 1. The van der Waals surface area contributed by atoms with Gasteiger partial charge < -0.3 is 9.64 Å². The van der Waals surface area contributed by atoms with Gasteiger partial charge >= 0.3 is 6.09 Å². The number of carbonyl (C=O) groups is 1. The average Bonchev–Trinajstić information content (AvgIpc) is 2.52. The Morgan fingerprint density at radius 1 is 1.19 bits per heavy atom. The van der Waals surface area contributed by atoms with E-state index in [1.54, 1.807) is 17.0 Å². The van der Waals surface area contributed by atoms with Gasteiger partial charge in [-0.25, -0.2) is 4.79 Å². The fourth-order valence-corrected chi connectivity index (χ4v) is 2.43. The van der Waals surface area contributed by atoms with Crippen LogP contribution in [-0.2, 0) is 11.3 Å². The first-order chi connectivity index (χ1) is 10.2. The van der Waals surface area contributed by atoms with E-state index in [1.807, 2.05) is 12.1 Å². The number of unbranched alkanes of at least 4 members (excludes halogenated alkanes) is 1. The van der Waals surface area contributed by atoms with E-state index in [4.69, 9.17) is 16.3 Å². The largest absolute Gasteiger partial charge is 0.445 e. The summed E-state index contributed by atoms with van der Waals surface area (Å²) in [7, 11) is 0. The SMILES string of the molecule is [CH2]CCCN1CCN(C(=O)OCc2ccc(Cl)cc2)CC1. The Morgan fingerprint density at radius 2 is 1.86 bits per heavy atom. The van der Waals surface area contributed by atoms with Crippen LogP contribution >= 0.6 is 11.6 Å². The van der Waals surface area contributed by atoms with E-state index in [9.17, 15) is 4.79 Å². The number of ether oxygens (including phenoxy) is 1. The Morgan fingerprint density at radius 3 is 2.48 bits per heavy atom. The highest BCUT2D eigenvalue weighted by Gasteiger charge is 2.21. The number of hydrogen-bond acceptors (Lipinski definition) is 3. The first-order valence-electron chi connectivity index (χ1n) is 7.37. The van der Waals surface area contributed by atoms with Crippen molar-refractivity contribution in [1.29, 1.82) is 0 Å². The summed E-state index contributed by atoms with van der Waals surface area (Å²) < 4.78 is 5.34. The van der Waals surface area contributed by atoms with E-state index < -0.39 is 0 Å². The zero-order chi connectivity index (χ0) is 15.1. The van der Waals surface area contributed by atoms with E-state index in [1.165, 1.54) is 0 Å². The van der Waals surface area contributed by atoms with Gasteiger partial charge in [0.1, 0.15) is 6.61 Å². The molecule has 1 heterocycles. The highest BCUT2D eigenvalue weighted by molar-refractivity contribution is 6.30. The van der Waals surface area contributed by atoms with Gasteiger partial charge in [-0.2, -0.15) is 0 Å². The molecule has 21 heavy (non-hydrogen) atoms. The third-order valence-corrected chi connectivity index (χ3v) is 3.88. The minimum atomic E-state index is -0.234. The Balaban J connectivity index is 1.71. The van der Waals surface area contributed by atoms with Crippen molar-refractivity contribution in [2.75, 3.05) is 32.7 Å². The molecule has 0 bridgehead atoms. The summed E-state index contributed by atoms with van der Waals surface area (Å²) in [5, 5.41) is 0.684. The van der Waals surface area contributed by atoms with E-state index in [-0.39, 0.29) is 12.7 Å². The molecular formula is C16H22ClN2O2. The van der Waals surface area contributed by atoms with Gasteiger partial charge in [0.05, 0.1) is 0 Å². The van der Waals surface area contributed by atoms with E-state index in [2.05, 4.69) is 11.8 Å². The number of nitrogens with zero attached hydrogens (tertiary/aromatic N) is 2. The molecule has 0 saturated carbocycles. The van der Waals surface area contributed by atoms with Crippen LogP contribution < -0.4 is 0 Å². The summed E-state index contributed by atoms with van der Waals surface area (Å²) in [6, 6.07) is 7.33. The molecule has 1 saturated heterocycles. The van der Waals surface area contributed by atoms with Gasteiger partial charge in [0.25, 0.3) is 0 Å². The molecule has 2 rings (SSSR count). The van der Waals surface area contributed by atoms with E-state index in [0.29, 0.717) is 5.02 Å². The second-order valence-corrected chi connectivity index (χ2v) is 5.65. The normalized spacial score (nSPS) is 16.0. The fraction of sp³-hybridized carbons (Fsp3) is 0.500. The molecule has 4 nitrogen and oxygen atoms in total. The van der Waals surface area contributed by atoms with Crippen molar-refractivity contribution in [2.24, 2.45) is 0 Å². The number of carbonyl (C=O) groups excluding carboxylic acids is 1. The fourth-order valence-electron chi connectivity index (χ4n) is 2.31. The lowest BCUT2D eigenvalue weighted by molar-refractivity contribution is 0.0715. The first-order valence-corrected chi connectivity index (χ1v) is 7.74. The molecule has 0 spiro atoms. The highest BCUT2D eigenvalue weighted by Crippen LogP contribution is 2.11. The van der Waals surface area contributed by atoms with Crippen LogP contribution in [0.3, 0.4) is 0 Å². The quantitative estimate of drug-likeness (QED) is 0.837. The van der Waals surface area contributed by atoms with Crippen LogP contribution in [0.2, 0.25) is 5.02 Å². The Bertz CT molecular complexity index is 442. The Kier molecular flexibility index (Phi) is 6.33. The van der Waals surface area contributed by atoms with Crippen molar-refractivity contribution in [3.8, 4) is 0 Å². The lowest BCUT2D eigenvalue weighted by Gasteiger charge is -2.34. The molecule has 1 aliphatic rings. The number of benzene rings is 1. The summed E-state index contributed by atoms with van der Waals surface area (Å²) in [6.07, 6.45) is 1.84. The highest BCUT2D eigenvalue weighted by atomic mass is 35.5. The number of hydrogen-bond donors (Lipinski definition) is 0. The molecule has 1 aliphatic heterocycles. The van der Waals surface area contributed by atoms with Crippen molar-refractivity contribution in [2.45, 2.75) is 19.4 Å². The maximum Gasteiger partial charge on any atom is 0.410 e. The van der Waals surface area contributed by atoms with Crippen LogP contribution in [-0.4, -0.2) is 48.6 Å². The van der Waals surface area contributed by atoms with Gasteiger partial charge in [0.15, 0.2) is 0 Å². The van der Waals surface area contributed by atoms with Crippen LogP contribution in [0.4, 0.5) is 4.79 Å². The Labute approximate surface area is 131 Å².